The predicted molar refractivity (Wildman–Crippen MR) is 134 cm³/mol. The number of aromatic nitrogens is 4. The van der Waals surface area contributed by atoms with Crippen molar-refractivity contribution in [1.82, 2.24) is 24.9 Å². The standard InChI is InChI=1S/C24H25FN8O3/c1-3-27-24(35)31-18-7-5-14(6-8-18)19-20(26)33-22(16(13-34)11-30-33)32-21(19)28-10-15-9-17(25)12-29-23(15)36-4-2/h5-9,11-13H,3-4,10,26H2,1-2H3,(H,28,32)(H2,27,31,35). The van der Waals surface area contributed by atoms with Gasteiger partial charge in [-0.25, -0.2) is 19.2 Å². The van der Waals surface area contributed by atoms with Gasteiger partial charge in [0.25, 0.3) is 0 Å². The molecule has 1 aromatic carbocycles. The van der Waals surface area contributed by atoms with Crippen LogP contribution in [0.4, 0.5) is 26.5 Å². The molecule has 3 heterocycles. The van der Waals surface area contributed by atoms with Gasteiger partial charge in [-0.05, 0) is 37.6 Å². The number of nitrogens with two attached hydrogens (primary N) is 1. The Morgan fingerprint density at radius 2 is 2.00 bits per heavy atom. The number of carbonyl (C=O) groups excluding carboxylic acids is 2. The van der Waals surface area contributed by atoms with Gasteiger partial charge in [-0.15, -0.1) is 0 Å². The fourth-order valence-corrected chi connectivity index (χ4v) is 3.62. The lowest BCUT2D eigenvalue weighted by atomic mass is 10.1. The quantitative estimate of drug-likeness (QED) is 0.260. The third-order valence-corrected chi connectivity index (χ3v) is 5.22. The topological polar surface area (TPSA) is 149 Å². The monoisotopic (exact) mass is 492 g/mol. The lowest BCUT2D eigenvalue weighted by Crippen LogP contribution is -2.28. The van der Waals surface area contributed by atoms with Crippen LogP contribution in [0.15, 0.2) is 42.7 Å². The number of hydrogen-bond acceptors (Lipinski definition) is 8. The Labute approximate surface area is 205 Å². The largest absolute Gasteiger partial charge is 0.478 e. The molecule has 0 unspecified atom stereocenters. The lowest BCUT2D eigenvalue weighted by molar-refractivity contribution is 0.112. The Morgan fingerprint density at radius 3 is 2.69 bits per heavy atom. The molecule has 36 heavy (non-hydrogen) atoms. The molecule has 0 aliphatic heterocycles. The SMILES string of the molecule is CCNC(=O)Nc1ccc(-c2c(NCc3cc(F)cnc3OCC)nc3c(C=O)cnn3c2N)cc1. The van der Waals surface area contributed by atoms with E-state index < -0.39 is 5.82 Å². The summed E-state index contributed by atoms with van der Waals surface area (Å²) in [5.41, 5.74) is 9.26. The van der Waals surface area contributed by atoms with Gasteiger partial charge in [0.1, 0.15) is 17.5 Å². The van der Waals surface area contributed by atoms with Crippen LogP contribution in [0.2, 0.25) is 0 Å². The highest BCUT2D eigenvalue weighted by Gasteiger charge is 2.19. The van der Waals surface area contributed by atoms with E-state index in [1.807, 2.05) is 13.8 Å². The van der Waals surface area contributed by atoms with Gasteiger partial charge < -0.3 is 26.4 Å². The summed E-state index contributed by atoms with van der Waals surface area (Å²) in [5.74, 6) is 0.371. The lowest BCUT2D eigenvalue weighted by Gasteiger charge is -2.16. The number of urea groups is 1. The number of amides is 2. The van der Waals surface area contributed by atoms with Crippen LogP contribution in [0.5, 0.6) is 5.88 Å². The number of fused-ring (bicyclic) bond motifs is 1. The molecular formula is C24H25FN8O3. The molecule has 4 rings (SSSR count). The van der Waals surface area contributed by atoms with Gasteiger partial charge in [0, 0.05) is 24.3 Å². The first kappa shape index (κ1) is 24.4. The van der Waals surface area contributed by atoms with Crippen LogP contribution in [-0.2, 0) is 6.54 Å². The number of nitrogens with one attached hydrogen (secondary N) is 3. The van der Waals surface area contributed by atoms with Crippen LogP contribution in [0.1, 0.15) is 29.8 Å². The first-order valence-electron chi connectivity index (χ1n) is 11.2. The summed E-state index contributed by atoms with van der Waals surface area (Å²) < 4.78 is 20.8. The Morgan fingerprint density at radius 1 is 1.22 bits per heavy atom. The van der Waals surface area contributed by atoms with Crippen molar-refractivity contribution in [3.63, 3.8) is 0 Å². The molecule has 186 valence electrons. The van der Waals surface area contributed by atoms with Gasteiger partial charge in [-0.1, -0.05) is 12.1 Å². The van der Waals surface area contributed by atoms with Crippen molar-refractivity contribution >= 4 is 35.3 Å². The first-order chi connectivity index (χ1) is 17.4. The van der Waals surface area contributed by atoms with Crippen molar-refractivity contribution < 1.29 is 18.7 Å². The summed E-state index contributed by atoms with van der Waals surface area (Å²) >= 11 is 0. The summed E-state index contributed by atoms with van der Waals surface area (Å²) in [5, 5.41) is 12.8. The van der Waals surface area contributed by atoms with Gasteiger partial charge in [0.05, 0.1) is 30.1 Å². The van der Waals surface area contributed by atoms with E-state index in [-0.39, 0.29) is 29.6 Å². The van der Waals surface area contributed by atoms with Gasteiger partial charge in [-0.2, -0.15) is 9.61 Å². The molecule has 2 amide bonds. The minimum absolute atomic E-state index is 0.122. The van der Waals surface area contributed by atoms with Crippen LogP contribution in [0.3, 0.4) is 0 Å². The van der Waals surface area contributed by atoms with E-state index in [0.29, 0.717) is 53.5 Å². The van der Waals surface area contributed by atoms with E-state index in [2.05, 4.69) is 31.0 Å². The molecule has 3 aromatic heterocycles. The van der Waals surface area contributed by atoms with Crippen LogP contribution < -0.4 is 26.4 Å². The summed E-state index contributed by atoms with van der Waals surface area (Å²) in [6, 6.07) is 7.99. The Hall–Kier alpha value is -4.74. The zero-order chi connectivity index (χ0) is 25.7. The highest BCUT2D eigenvalue weighted by atomic mass is 19.1. The normalized spacial score (nSPS) is 10.8. The van der Waals surface area contributed by atoms with E-state index in [1.165, 1.54) is 16.8 Å². The maximum absolute atomic E-state index is 13.9. The number of ether oxygens (including phenoxy) is 1. The molecule has 0 saturated carbocycles. The molecule has 11 nitrogen and oxygen atoms in total. The van der Waals surface area contributed by atoms with E-state index in [9.17, 15) is 14.0 Å². The highest BCUT2D eigenvalue weighted by molar-refractivity contribution is 5.92. The summed E-state index contributed by atoms with van der Waals surface area (Å²) in [7, 11) is 0. The minimum atomic E-state index is -0.507. The Kier molecular flexibility index (Phi) is 7.23. The number of aldehydes is 1. The third kappa shape index (κ3) is 5.02. The average molecular weight is 493 g/mol. The molecule has 0 aliphatic carbocycles. The van der Waals surface area contributed by atoms with Crippen molar-refractivity contribution in [3.8, 4) is 17.0 Å². The van der Waals surface area contributed by atoms with E-state index in [4.69, 9.17) is 10.5 Å². The van der Waals surface area contributed by atoms with Crippen LogP contribution in [0, 0.1) is 5.82 Å². The summed E-state index contributed by atoms with van der Waals surface area (Å²) in [4.78, 5) is 31.9. The van der Waals surface area contributed by atoms with Crippen LogP contribution >= 0.6 is 0 Å². The molecule has 12 heteroatoms. The van der Waals surface area contributed by atoms with Crippen molar-refractivity contribution in [2.75, 3.05) is 29.5 Å². The van der Waals surface area contributed by atoms with Crippen LogP contribution in [0.25, 0.3) is 16.8 Å². The number of anilines is 3. The number of nitrogens with zero attached hydrogens (tertiary/aromatic N) is 4. The van der Waals surface area contributed by atoms with E-state index in [1.54, 1.807) is 24.3 Å². The molecule has 0 bridgehead atoms. The number of carbonyl (C=O) groups is 2. The molecular weight excluding hydrogens is 467 g/mol. The number of pyridine rings is 1. The van der Waals surface area contributed by atoms with E-state index >= 15 is 0 Å². The number of benzene rings is 1. The van der Waals surface area contributed by atoms with Crippen molar-refractivity contribution in [1.29, 1.82) is 0 Å². The number of hydrogen-bond donors (Lipinski definition) is 4. The van der Waals surface area contributed by atoms with Gasteiger partial charge in [0.2, 0.25) is 5.88 Å². The maximum atomic E-state index is 13.9. The minimum Gasteiger partial charge on any atom is -0.478 e. The molecule has 0 spiro atoms. The van der Waals surface area contributed by atoms with Crippen LogP contribution in [-0.4, -0.2) is 45.1 Å². The van der Waals surface area contributed by atoms with Crippen molar-refractivity contribution in [2.24, 2.45) is 0 Å². The average Bonchev–Trinajstić information content (AvgIpc) is 3.28. The molecule has 0 fully saturated rings. The Bertz CT molecular complexity index is 1410. The molecule has 0 atom stereocenters. The Balaban J connectivity index is 1.74. The molecule has 0 aliphatic rings. The zero-order valence-electron chi connectivity index (χ0n) is 19.7. The molecule has 4 aromatic rings. The maximum Gasteiger partial charge on any atom is 0.319 e. The molecule has 5 N–H and O–H groups in total. The number of nitrogen functional groups attached to an aromatic ring is 1. The second-order valence-electron chi connectivity index (χ2n) is 7.64. The summed E-state index contributed by atoms with van der Waals surface area (Å²) in [6.07, 6.45) is 3.10. The van der Waals surface area contributed by atoms with Gasteiger partial charge >= 0.3 is 6.03 Å². The fourth-order valence-electron chi connectivity index (χ4n) is 3.62. The third-order valence-electron chi connectivity index (χ3n) is 5.22. The highest BCUT2D eigenvalue weighted by Crippen LogP contribution is 2.34. The molecule has 0 saturated heterocycles. The van der Waals surface area contributed by atoms with Gasteiger partial charge in [-0.3, -0.25) is 4.79 Å². The second kappa shape index (κ2) is 10.7. The smallest absolute Gasteiger partial charge is 0.319 e. The number of rotatable bonds is 9. The van der Waals surface area contributed by atoms with Crippen molar-refractivity contribution in [3.05, 3.63) is 59.7 Å². The van der Waals surface area contributed by atoms with Crippen molar-refractivity contribution in [2.45, 2.75) is 20.4 Å². The first-order valence-corrected chi connectivity index (χ1v) is 11.2. The summed E-state index contributed by atoms with van der Waals surface area (Å²) in [6.45, 7) is 4.62. The number of halogens is 1. The zero-order valence-corrected chi connectivity index (χ0v) is 19.7. The van der Waals surface area contributed by atoms with E-state index in [0.717, 1.165) is 6.20 Å². The van der Waals surface area contributed by atoms with Gasteiger partial charge in [0.15, 0.2) is 11.9 Å². The second-order valence-corrected chi connectivity index (χ2v) is 7.64. The molecule has 0 radical (unpaired) electrons. The predicted octanol–water partition coefficient (Wildman–Crippen LogP) is 3.48. The fraction of sp³-hybridized carbons (Fsp3) is 0.208.